The van der Waals surface area contributed by atoms with Gasteiger partial charge in [0.25, 0.3) is 0 Å². The summed E-state index contributed by atoms with van der Waals surface area (Å²) in [6.07, 6.45) is 5.95. The Hall–Kier alpha value is -3.19. The van der Waals surface area contributed by atoms with Crippen molar-refractivity contribution in [2.75, 3.05) is 75.9 Å². The average molecular weight is 706 g/mol. The smallest absolute Gasteiger partial charge is 0.410 e. The number of nitrogens with zero attached hydrogens (tertiary/aromatic N) is 6. The molecule has 0 spiro atoms. The zero-order valence-corrected chi connectivity index (χ0v) is 32.2. The van der Waals surface area contributed by atoms with E-state index < -0.39 is 13.7 Å². The van der Waals surface area contributed by atoms with E-state index in [4.69, 9.17) is 24.2 Å². The van der Waals surface area contributed by atoms with Gasteiger partial charge in [0.15, 0.2) is 0 Å². The molecule has 3 aliphatic rings. The summed E-state index contributed by atoms with van der Waals surface area (Å²) in [5.41, 5.74) is 3.85. The fourth-order valence-electron chi connectivity index (χ4n) is 7.26. The van der Waals surface area contributed by atoms with Crippen LogP contribution in [-0.2, 0) is 20.9 Å². The summed E-state index contributed by atoms with van der Waals surface area (Å²) in [6, 6.07) is 12.8. The van der Waals surface area contributed by atoms with Crippen LogP contribution >= 0.6 is 0 Å². The van der Waals surface area contributed by atoms with Crippen molar-refractivity contribution in [2.24, 2.45) is 5.92 Å². The third-order valence-corrected chi connectivity index (χ3v) is 12.0. The number of fused-ring (bicyclic) bond motifs is 1. The second-order valence-electron chi connectivity index (χ2n) is 16.5. The van der Waals surface area contributed by atoms with Gasteiger partial charge in [0.2, 0.25) is 0 Å². The Morgan fingerprint density at radius 3 is 2.32 bits per heavy atom. The minimum Gasteiger partial charge on any atom is -0.444 e. The lowest BCUT2D eigenvalue weighted by molar-refractivity contribution is 0.0120. The van der Waals surface area contributed by atoms with E-state index in [0.717, 1.165) is 105 Å². The van der Waals surface area contributed by atoms with E-state index >= 15 is 0 Å². The van der Waals surface area contributed by atoms with Crippen molar-refractivity contribution in [2.45, 2.75) is 90.5 Å². The molecule has 0 bridgehead atoms. The number of likely N-dealkylation sites (tertiary alicyclic amines) is 2. The molecule has 12 heteroatoms. The molecule has 5 heterocycles. The van der Waals surface area contributed by atoms with E-state index in [1.165, 1.54) is 12.8 Å². The number of hydrogen-bond acceptors (Lipinski definition) is 9. The highest BCUT2D eigenvalue weighted by Gasteiger charge is 2.31. The quantitative estimate of drug-likeness (QED) is 0.171. The number of anilines is 2. The third kappa shape index (κ3) is 9.57. The predicted molar refractivity (Wildman–Crippen MR) is 204 cm³/mol. The lowest BCUT2D eigenvalue weighted by Crippen LogP contribution is -2.50. The molecular weight excluding hydrogens is 647 g/mol. The molecule has 0 unspecified atom stereocenters. The van der Waals surface area contributed by atoms with Crippen LogP contribution < -0.4 is 10.2 Å². The minimum atomic E-state index is -1.20. The Morgan fingerprint density at radius 1 is 0.960 bits per heavy atom. The number of benzene rings is 1. The Bertz CT molecular complexity index is 1550. The molecule has 274 valence electrons. The van der Waals surface area contributed by atoms with Crippen molar-refractivity contribution in [3.8, 4) is 11.3 Å². The fourth-order valence-corrected chi connectivity index (χ4v) is 8.02. The largest absolute Gasteiger partial charge is 0.444 e. The highest BCUT2D eigenvalue weighted by atomic mass is 28.3. The Kier molecular flexibility index (Phi) is 11.7. The Labute approximate surface area is 299 Å². The zero-order chi connectivity index (χ0) is 35.3. The van der Waals surface area contributed by atoms with Gasteiger partial charge in [-0.25, -0.2) is 14.8 Å². The second-order valence-corrected chi connectivity index (χ2v) is 22.1. The molecule has 3 fully saturated rings. The van der Waals surface area contributed by atoms with E-state index in [9.17, 15) is 4.79 Å². The summed E-state index contributed by atoms with van der Waals surface area (Å²) in [4.78, 5) is 28.8. The molecule has 1 N–H and O–H groups in total. The van der Waals surface area contributed by atoms with Gasteiger partial charge in [0.1, 0.15) is 30.1 Å². The van der Waals surface area contributed by atoms with Crippen LogP contribution in [0.3, 0.4) is 0 Å². The van der Waals surface area contributed by atoms with E-state index in [0.29, 0.717) is 31.9 Å². The molecule has 50 heavy (non-hydrogen) atoms. The van der Waals surface area contributed by atoms with Crippen LogP contribution in [0.2, 0.25) is 25.7 Å². The molecule has 3 saturated heterocycles. The van der Waals surface area contributed by atoms with Gasteiger partial charge in [-0.3, -0.25) is 0 Å². The molecule has 6 rings (SSSR count). The standard InChI is InChI=1S/C38H59N7O4Si/c1-38(2,3)49-37(46)44-17-13-32(14-18-44)42-15-11-29(12-16-42)26-39-31-9-7-30(8-10-31)34-25-33-35(43-19-21-47-22-20-43)40-27-41-36(33)45(34)28-48-23-24-50(4,5)6/h7-10,25,27,29,32,39H,11-24,26,28H2,1-6H3. The average Bonchev–Trinajstić information content (AvgIpc) is 3.47. The second kappa shape index (κ2) is 16.0. The Morgan fingerprint density at radius 2 is 1.66 bits per heavy atom. The van der Waals surface area contributed by atoms with Crippen molar-refractivity contribution in [3.63, 3.8) is 0 Å². The van der Waals surface area contributed by atoms with Crippen molar-refractivity contribution in [1.82, 2.24) is 24.3 Å². The lowest BCUT2D eigenvalue weighted by atomic mass is 9.93. The molecule has 0 radical (unpaired) electrons. The van der Waals surface area contributed by atoms with Crippen LogP contribution in [0.15, 0.2) is 36.7 Å². The number of ether oxygens (including phenoxy) is 3. The number of piperidine rings is 2. The van der Waals surface area contributed by atoms with Crippen molar-refractivity contribution < 1.29 is 19.0 Å². The molecule has 0 saturated carbocycles. The fraction of sp³-hybridized carbons (Fsp3) is 0.658. The van der Waals surface area contributed by atoms with Gasteiger partial charge in [-0.2, -0.15) is 0 Å². The van der Waals surface area contributed by atoms with E-state index in [-0.39, 0.29) is 6.09 Å². The number of nitrogens with one attached hydrogen (secondary N) is 1. The normalized spacial score (nSPS) is 18.9. The molecule has 3 aliphatic heterocycles. The first-order chi connectivity index (χ1) is 23.9. The number of aromatic nitrogens is 3. The molecule has 1 amide bonds. The van der Waals surface area contributed by atoms with Gasteiger partial charge in [0.05, 0.1) is 24.3 Å². The third-order valence-electron chi connectivity index (χ3n) is 10.3. The van der Waals surface area contributed by atoms with Gasteiger partial charge in [-0.05, 0) is 95.3 Å². The van der Waals surface area contributed by atoms with Gasteiger partial charge >= 0.3 is 6.09 Å². The molecule has 1 aromatic carbocycles. The number of hydrogen-bond donors (Lipinski definition) is 1. The number of rotatable bonds is 11. The summed E-state index contributed by atoms with van der Waals surface area (Å²) in [5.74, 6) is 1.62. The summed E-state index contributed by atoms with van der Waals surface area (Å²) < 4.78 is 19.7. The topological polar surface area (TPSA) is 97.2 Å². The van der Waals surface area contributed by atoms with Crippen LogP contribution in [-0.4, -0.2) is 116 Å². The molecule has 11 nitrogen and oxygen atoms in total. The van der Waals surface area contributed by atoms with Crippen LogP contribution in [0.4, 0.5) is 16.3 Å². The number of carbonyl (C=O) groups excluding carboxylic acids is 1. The highest BCUT2D eigenvalue weighted by molar-refractivity contribution is 6.76. The molecular formula is C38H59N7O4Si. The summed E-state index contributed by atoms with van der Waals surface area (Å²) in [7, 11) is -1.20. The van der Waals surface area contributed by atoms with Crippen LogP contribution in [0.5, 0.6) is 0 Å². The van der Waals surface area contributed by atoms with E-state index in [2.05, 4.69) is 69.7 Å². The van der Waals surface area contributed by atoms with Crippen LogP contribution in [0, 0.1) is 5.92 Å². The Balaban J connectivity index is 1.05. The molecule has 3 aromatic rings. The predicted octanol–water partition coefficient (Wildman–Crippen LogP) is 6.77. The SMILES string of the molecule is CC(C)(C)OC(=O)N1CCC(N2CCC(CNc3ccc(-c4cc5c(N6CCOCC6)ncnc5n4COCC[Si](C)(C)C)cc3)CC2)CC1. The van der Waals surface area contributed by atoms with Gasteiger partial charge in [0, 0.05) is 59.1 Å². The minimum absolute atomic E-state index is 0.176. The van der Waals surface area contributed by atoms with Gasteiger partial charge < -0.3 is 38.8 Å². The van der Waals surface area contributed by atoms with E-state index in [1.54, 1.807) is 6.33 Å². The maximum atomic E-state index is 12.5. The summed E-state index contributed by atoms with van der Waals surface area (Å²) in [5, 5.41) is 4.78. The number of morpholine rings is 1. The summed E-state index contributed by atoms with van der Waals surface area (Å²) >= 11 is 0. The number of carbonyl (C=O) groups is 1. The van der Waals surface area contributed by atoms with Crippen molar-refractivity contribution in [1.29, 1.82) is 0 Å². The first-order valence-electron chi connectivity index (χ1n) is 18.7. The first kappa shape index (κ1) is 36.6. The highest BCUT2D eigenvalue weighted by Crippen LogP contribution is 2.33. The lowest BCUT2D eigenvalue weighted by Gasteiger charge is -2.42. The van der Waals surface area contributed by atoms with Crippen LogP contribution in [0.25, 0.3) is 22.3 Å². The summed E-state index contributed by atoms with van der Waals surface area (Å²) in [6.45, 7) is 22.0. The van der Waals surface area contributed by atoms with E-state index in [1.807, 2.05) is 25.7 Å². The number of amides is 1. The maximum Gasteiger partial charge on any atom is 0.410 e. The molecule has 0 atom stereocenters. The monoisotopic (exact) mass is 705 g/mol. The first-order valence-corrected chi connectivity index (χ1v) is 22.5. The zero-order valence-electron chi connectivity index (χ0n) is 31.2. The molecule has 2 aromatic heterocycles. The maximum absolute atomic E-state index is 12.5. The van der Waals surface area contributed by atoms with Gasteiger partial charge in [-0.15, -0.1) is 0 Å². The van der Waals surface area contributed by atoms with Crippen LogP contribution in [0.1, 0.15) is 46.5 Å². The van der Waals surface area contributed by atoms with Crippen molar-refractivity contribution in [3.05, 3.63) is 36.7 Å². The van der Waals surface area contributed by atoms with Gasteiger partial charge in [-0.1, -0.05) is 31.8 Å². The molecule has 0 aliphatic carbocycles. The van der Waals surface area contributed by atoms with Crippen molar-refractivity contribution >= 4 is 36.7 Å².